The van der Waals surface area contributed by atoms with Crippen molar-refractivity contribution in [3.8, 4) is 11.5 Å². The van der Waals surface area contributed by atoms with Crippen molar-refractivity contribution >= 4 is 44.5 Å². The first kappa shape index (κ1) is 26.0. The molecule has 0 bridgehead atoms. The quantitative estimate of drug-likeness (QED) is 0.391. The molecule has 0 radical (unpaired) electrons. The van der Waals surface area contributed by atoms with Crippen molar-refractivity contribution in [3.05, 3.63) is 46.4 Å². The molecule has 1 saturated carbocycles. The molecular formula is C27H34BrN5O3. The number of benzene rings is 2. The third kappa shape index (κ3) is 6.19. The molecule has 8 nitrogen and oxygen atoms in total. The SMILES string of the molecule is COc1cc(Br)c(CC(=O)NCC2CCC(Nc3nc(N(C)C)c4ccccc4n3)CC2)cc1OC. The van der Waals surface area contributed by atoms with Crippen LogP contribution in [0.3, 0.4) is 0 Å². The van der Waals surface area contributed by atoms with Crippen molar-refractivity contribution in [2.45, 2.75) is 38.1 Å². The van der Waals surface area contributed by atoms with Gasteiger partial charge < -0.3 is 25.0 Å². The van der Waals surface area contributed by atoms with Crippen LogP contribution in [0.15, 0.2) is 40.9 Å². The van der Waals surface area contributed by atoms with Gasteiger partial charge in [-0.05, 0) is 61.4 Å². The third-order valence-corrected chi connectivity index (χ3v) is 7.42. The molecule has 4 rings (SSSR count). The lowest BCUT2D eigenvalue weighted by molar-refractivity contribution is -0.120. The third-order valence-electron chi connectivity index (χ3n) is 6.68. The Balaban J connectivity index is 1.28. The lowest BCUT2D eigenvalue weighted by Gasteiger charge is -2.29. The van der Waals surface area contributed by atoms with Crippen molar-refractivity contribution in [2.75, 3.05) is 45.1 Å². The predicted octanol–water partition coefficient (Wildman–Crippen LogP) is 4.81. The molecule has 0 saturated heterocycles. The van der Waals surface area contributed by atoms with Crippen LogP contribution in [0.25, 0.3) is 10.9 Å². The number of hydrogen-bond donors (Lipinski definition) is 2. The van der Waals surface area contributed by atoms with E-state index in [0.29, 0.717) is 36.0 Å². The molecular weight excluding hydrogens is 522 g/mol. The highest BCUT2D eigenvalue weighted by Crippen LogP contribution is 2.33. The number of nitrogens with one attached hydrogen (secondary N) is 2. The Morgan fingerprint density at radius 1 is 1.06 bits per heavy atom. The first-order valence-electron chi connectivity index (χ1n) is 12.3. The van der Waals surface area contributed by atoms with E-state index in [9.17, 15) is 4.79 Å². The van der Waals surface area contributed by atoms with Crippen LogP contribution < -0.4 is 25.0 Å². The number of nitrogens with zero attached hydrogens (tertiary/aromatic N) is 3. The first-order chi connectivity index (χ1) is 17.4. The first-order valence-corrected chi connectivity index (χ1v) is 13.0. The van der Waals surface area contributed by atoms with Gasteiger partial charge in [0.2, 0.25) is 11.9 Å². The Labute approximate surface area is 220 Å². The molecule has 1 amide bonds. The van der Waals surface area contributed by atoms with E-state index < -0.39 is 0 Å². The maximum Gasteiger partial charge on any atom is 0.225 e. The molecule has 1 aromatic heterocycles. The molecule has 0 atom stereocenters. The van der Waals surface area contributed by atoms with Gasteiger partial charge in [0.1, 0.15) is 5.82 Å². The summed E-state index contributed by atoms with van der Waals surface area (Å²) in [7, 11) is 7.19. The number of hydrogen-bond acceptors (Lipinski definition) is 7. The number of halogens is 1. The van der Waals surface area contributed by atoms with Gasteiger partial charge in [-0.3, -0.25) is 4.79 Å². The van der Waals surface area contributed by atoms with Crippen LogP contribution in [0.5, 0.6) is 11.5 Å². The molecule has 2 aromatic carbocycles. The minimum absolute atomic E-state index is 0.00365. The minimum Gasteiger partial charge on any atom is -0.493 e. The van der Waals surface area contributed by atoms with E-state index in [0.717, 1.165) is 52.4 Å². The molecule has 1 heterocycles. The summed E-state index contributed by atoms with van der Waals surface area (Å²) in [6, 6.07) is 12.1. The van der Waals surface area contributed by atoms with Crippen LogP contribution >= 0.6 is 15.9 Å². The van der Waals surface area contributed by atoms with Crippen LogP contribution in [0.1, 0.15) is 31.2 Å². The summed E-state index contributed by atoms with van der Waals surface area (Å²) in [5.74, 6) is 3.31. The van der Waals surface area contributed by atoms with E-state index in [-0.39, 0.29) is 12.3 Å². The molecule has 1 aliphatic rings. The second kappa shape index (κ2) is 11.8. The zero-order valence-corrected chi connectivity index (χ0v) is 22.9. The van der Waals surface area contributed by atoms with E-state index in [2.05, 4.69) is 32.6 Å². The van der Waals surface area contributed by atoms with Gasteiger partial charge in [-0.25, -0.2) is 4.98 Å². The number of fused-ring (bicyclic) bond motifs is 1. The zero-order valence-electron chi connectivity index (χ0n) is 21.3. The number of amides is 1. The van der Waals surface area contributed by atoms with Crippen LogP contribution in [0.4, 0.5) is 11.8 Å². The van der Waals surface area contributed by atoms with Gasteiger partial charge in [0.25, 0.3) is 0 Å². The lowest BCUT2D eigenvalue weighted by Crippen LogP contribution is -2.35. The zero-order chi connectivity index (χ0) is 25.7. The number of anilines is 2. The summed E-state index contributed by atoms with van der Waals surface area (Å²) in [6.07, 6.45) is 4.42. The average Bonchev–Trinajstić information content (AvgIpc) is 2.88. The van der Waals surface area contributed by atoms with Crippen molar-refractivity contribution in [1.82, 2.24) is 15.3 Å². The summed E-state index contributed by atoms with van der Waals surface area (Å²) in [4.78, 5) is 24.2. The Bertz CT molecular complexity index is 1210. The number of methoxy groups -OCH3 is 2. The maximum absolute atomic E-state index is 12.6. The highest BCUT2D eigenvalue weighted by Gasteiger charge is 2.23. The van der Waals surface area contributed by atoms with Gasteiger partial charge in [0, 0.05) is 36.5 Å². The fourth-order valence-electron chi connectivity index (χ4n) is 4.68. The fraction of sp³-hybridized carbons (Fsp3) is 0.444. The highest BCUT2D eigenvalue weighted by molar-refractivity contribution is 9.10. The predicted molar refractivity (Wildman–Crippen MR) is 147 cm³/mol. The monoisotopic (exact) mass is 555 g/mol. The van der Waals surface area contributed by atoms with Crippen molar-refractivity contribution in [2.24, 2.45) is 5.92 Å². The van der Waals surface area contributed by atoms with Gasteiger partial charge in [-0.1, -0.05) is 28.1 Å². The highest BCUT2D eigenvalue weighted by atomic mass is 79.9. The van der Waals surface area contributed by atoms with Crippen LogP contribution in [0, 0.1) is 5.92 Å². The van der Waals surface area contributed by atoms with E-state index in [1.807, 2.05) is 49.3 Å². The smallest absolute Gasteiger partial charge is 0.225 e. The fourth-order valence-corrected chi connectivity index (χ4v) is 5.15. The van der Waals surface area contributed by atoms with Crippen molar-refractivity contribution < 1.29 is 14.3 Å². The van der Waals surface area contributed by atoms with Gasteiger partial charge >= 0.3 is 0 Å². The van der Waals surface area contributed by atoms with E-state index in [1.165, 1.54) is 0 Å². The largest absolute Gasteiger partial charge is 0.493 e. The number of carbonyl (C=O) groups excluding carboxylic acids is 1. The normalized spacial score (nSPS) is 17.5. The number of aromatic nitrogens is 2. The van der Waals surface area contributed by atoms with E-state index in [4.69, 9.17) is 19.4 Å². The van der Waals surface area contributed by atoms with Crippen LogP contribution in [-0.2, 0) is 11.2 Å². The number of rotatable bonds is 9. The van der Waals surface area contributed by atoms with E-state index >= 15 is 0 Å². The second-order valence-corrected chi connectivity index (χ2v) is 10.3. The second-order valence-electron chi connectivity index (χ2n) is 9.42. The van der Waals surface area contributed by atoms with Gasteiger partial charge in [0.05, 0.1) is 26.2 Å². The Morgan fingerprint density at radius 3 is 2.44 bits per heavy atom. The lowest BCUT2D eigenvalue weighted by atomic mass is 9.86. The molecule has 0 spiro atoms. The van der Waals surface area contributed by atoms with Gasteiger partial charge in [-0.2, -0.15) is 4.98 Å². The maximum atomic E-state index is 12.6. The van der Waals surface area contributed by atoms with Gasteiger partial charge in [0.15, 0.2) is 11.5 Å². The topological polar surface area (TPSA) is 88.6 Å². The van der Waals surface area contributed by atoms with Crippen molar-refractivity contribution in [3.63, 3.8) is 0 Å². The molecule has 9 heteroatoms. The Morgan fingerprint density at radius 2 is 1.75 bits per heavy atom. The number of ether oxygens (including phenoxy) is 2. The number of carbonyl (C=O) groups is 1. The summed E-state index contributed by atoms with van der Waals surface area (Å²) >= 11 is 3.53. The number of para-hydroxylation sites is 1. The minimum atomic E-state index is 0.00365. The van der Waals surface area contributed by atoms with Crippen LogP contribution in [0.2, 0.25) is 0 Å². The average molecular weight is 557 g/mol. The summed E-state index contributed by atoms with van der Waals surface area (Å²) in [6.45, 7) is 0.688. The molecule has 3 aromatic rings. The molecule has 1 fully saturated rings. The molecule has 0 unspecified atom stereocenters. The summed E-state index contributed by atoms with van der Waals surface area (Å²) < 4.78 is 11.5. The van der Waals surface area contributed by atoms with Crippen molar-refractivity contribution in [1.29, 1.82) is 0 Å². The standard InChI is InChI=1S/C27H34BrN5O3/c1-33(2)26-20-7-5-6-8-22(20)31-27(32-26)30-19-11-9-17(10-12-19)16-29-25(34)14-18-13-23(35-3)24(36-4)15-21(18)28/h5-8,13,15,17,19H,9-12,14,16H2,1-4H3,(H,29,34)(H,30,31,32). The van der Waals surface area contributed by atoms with E-state index in [1.54, 1.807) is 14.2 Å². The molecule has 36 heavy (non-hydrogen) atoms. The molecule has 192 valence electrons. The Kier molecular flexibility index (Phi) is 8.51. The van der Waals surface area contributed by atoms with Gasteiger partial charge in [-0.15, -0.1) is 0 Å². The summed E-state index contributed by atoms with van der Waals surface area (Å²) in [5.41, 5.74) is 1.81. The van der Waals surface area contributed by atoms with Crippen LogP contribution in [-0.4, -0.2) is 56.8 Å². The molecule has 0 aliphatic heterocycles. The molecule has 2 N–H and O–H groups in total. The Hall–Kier alpha value is -3.07. The molecule has 1 aliphatic carbocycles. The summed E-state index contributed by atoms with van der Waals surface area (Å²) in [5, 5.41) is 7.71.